The van der Waals surface area contributed by atoms with Gasteiger partial charge in [0, 0.05) is 43.9 Å². The largest absolute Gasteiger partial charge is 0.350 e. The lowest BCUT2D eigenvalue weighted by molar-refractivity contribution is -0.114. The van der Waals surface area contributed by atoms with Gasteiger partial charge in [-0.1, -0.05) is 0 Å². The molecule has 9 heteroatoms. The Morgan fingerprint density at radius 3 is 2.19 bits per heavy atom. The van der Waals surface area contributed by atoms with E-state index in [1.54, 1.807) is 31.2 Å². The molecule has 0 aliphatic heterocycles. The summed E-state index contributed by atoms with van der Waals surface area (Å²) in [6.07, 6.45) is 0. The smallest absolute Gasteiger partial charge is 0.271 e. The molecule has 9 nitrogen and oxygen atoms in total. The number of benzene rings is 1. The standard InChI is InChI=1S/C18H21N5O4/c1-3-23-16(25)9-8-15(22-23)18(27)20-11-10-19-17(26)13-4-6-14(7-5-13)21-12(2)24/h4-9H,3,10-11H2,1-2H3,(H,19,26)(H,20,27)(H,21,24). The zero-order chi connectivity index (χ0) is 19.8. The highest BCUT2D eigenvalue weighted by Crippen LogP contribution is 2.09. The molecule has 0 saturated carbocycles. The summed E-state index contributed by atoms with van der Waals surface area (Å²) in [5, 5.41) is 11.9. The minimum absolute atomic E-state index is 0.135. The molecule has 142 valence electrons. The maximum atomic E-state index is 12.1. The normalized spacial score (nSPS) is 10.1. The van der Waals surface area contributed by atoms with Crippen LogP contribution in [0.25, 0.3) is 0 Å². The number of nitrogens with one attached hydrogen (secondary N) is 3. The number of anilines is 1. The number of rotatable bonds is 7. The fourth-order valence-corrected chi connectivity index (χ4v) is 2.25. The minimum atomic E-state index is -0.425. The third-order valence-corrected chi connectivity index (χ3v) is 3.56. The highest BCUT2D eigenvalue weighted by Gasteiger charge is 2.09. The van der Waals surface area contributed by atoms with Crippen LogP contribution in [0.1, 0.15) is 34.7 Å². The van der Waals surface area contributed by atoms with Gasteiger partial charge >= 0.3 is 0 Å². The van der Waals surface area contributed by atoms with Crippen LogP contribution in [0.5, 0.6) is 0 Å². The van der Waals surface area contributed by atoms with E-state index in [0.717, 1.165) is 0 Å². The maximum Gasteiger partial charge on any atom is 0.271 e. The van der Waals surface area contributed by atoms with Crippen LogP contribution in [0.3, 0.4) is 0 Å². The van der Waals surface area contributed by atoms with Gasteiger partial charge in [0.1, 0.15) is 5.69 Å². The monoisotopic (exact) mass is 371 g/mol. The van der Waals surface area contributed by atoms with Crippen molar-refractivity contribution in [3.05, 3.63) is 58.0 Å². The number of hydrogen-bond donors (Lipinski definition) is 3. The molecular formula is C18H21N5O4. The van der Waals surface area contributed by atoms with Crippen molar-refractivity contribution >= 4 is 23.4 Å². The lowest BCUT2D eigenvalue weighted by Gasteiger charge is -2.08. The Balaban J connectivity index is 1.80. The summed E-state index contributed by atoms with van der Waals surface area (Å²) in [5.74, 6) is -0.908. The van der Waals surface area contributed by atoms with Gasteiger partial charge in [-0.05, 0) is 37.3 Å². The molecule has 0 aliphatic carbocycles. The Morgan fingerprint density at radius 2 is 1.59 bits per heavy atom. The summed E-state index contributed by atoms with van der Waals surface area (Å²) in [6, 6.07) is 9.10. The fourth-order valence-electron chi connectivity index (χ4n) is 2.25. The number of amides is 3. The topological polar surface area (TPSA) is 122 Å². The number of nitrogens with zero attached hydrogens (tertiary/aromatic N) is 2. The summed E-state index contributed by atoms with van der Waals surface area (Å²) >= 11 is 0. The van der Waals surface area contributed by atoms with Gasteiger partial charge < -0.3 is 16.0 Å². The van der Waals surface area contributed by atoms with Crippen LogP contribution in [0.2, 0.25) is 0 Å². The molecule has 0 fully saturated rings. The van der Waals surface area contributed by atoms with E-state index in [1.807, 2.05) is 0 Å². The molecule has 1 heterocycles. The molecule has 3 amide bonds. The van der Waals surface area contributed by atoms with Crippen LogP contribution in [-0.4, -0.2) is 40.6 Å². The molecule has 3 N–H and O–H groups in total. The molecule has 0 aliphatic rings. The first-order valence-electron chi connectivity index (χ1n) is 8.43. The quantitative estimate of drug-likeness (QED) is 0.608. The zero-order valence-electron chi connectivity index (χ0n) is 15.1. The van der Waals surface area contributed by atoms with E-state index in [2.05, 4.69) is 21.0 Å². The van der Waals surface area contributed by atoms with E-state index in [-0.39, 0.29) is 36.2 Å². The van der Waals surface area contributed by atoms with Crippen molar-refractivity contribution in [3.63, 3.8) is 0 Å². The Hall–Kier alpha value is -3.49. The summed E-state index contributed by atoms with van der Waals surface area (Å²) in [5.41, 5.74) is 0.904. The number of aryl methyl sites for hydroxylation is 1. The number of carbonyl (C=O) groups is 3. The van der Waals surface area contributed by atoms with Crippen molar-refractivity contribution in [2.45, 2.75) is 20.4 Å². The third kappa shape index (κ3) is 5.77. The zero-order valence-corrected chi connectivity index (χ0v) is 15.1. The second-order valence-corrected chi connectivity index (χ2v) is 5.64. The Bertz CT molecular complexity index is 889. The van der Waals surface area contributed by atoms with Crippen molar-refractivity contribution in [1.82, 2.24) is 20.4 Å². The molecule has 2 rings (SSSR count). The predicted molar refractivity (Wildman–Crippen MR) is 99.6 cm³/mol. The highest BCUT2D eigenvalue weighted by atomic mass is 16.2. The molecule has 27 heavy (non-hydrogen) atoms. The van der Waals surface area contributed by atoms with Gasteiger partial charge in [-0.2, -0.15) is 5.10 Å². The summed E-state index contributed by atoms with van der Waals surface area (Å²) in [7, 11) is 0. The summed E-state index contributed by atoms with van der Waals surface area (Å²) in [4.78, 5) is 46.5. The molecule has 0 atom stereocenters. The van der Waals surface area contributed by atoms with Gasteiger partial charge in [0.25, 0.3) is 17.4 Å². The molecule has 0 spiro atoms. The molecule has 0 bridgehead atoms. The van der Waals surface area contributed by atoms with Crippen LogP contribution >= 0.6 is 0 Å². The van der Waals surface area contributed by atoms with Gasteiger partial charge in [0.05, 0.1) is 0 Å². The van der Waals surface area contributed by atoms with E-state index < -0.39 is 5.91 Å². The van der Waals surface area contributed by atoms with E-state index in [4.69, 9.17) is 0 Å². The van der Waals surface area contributed by atoms with Crippen molar-refractivity contribution in [1.29, 1.82) is 0 Å². The summed E-state index contributed by atoms with van der Waals surface area (Å²) in [6.45, 7) is 3.97. The van der Waals surface area contributed by atoms with E-state index in [1.165, 1.54) is 23.7 Å². The van der Waals surface area contributed by atoms with Crippen molar-refractivity contribution in [2.75, 3.05) is 18.4 Å². The van der Waals surface area contributed by atoms with Gasteiger partial charge in [-0.25, -0.2) is 4.68 Å². The van der Waals surface area contributed by atoms with Gasteiger partial charge in [0.15, 0.2) is 0 Å². The van der Waals surface area contributed by atoms with E-state index >= 15 is 0 Å². The van der Waals surface area contributed by atoms with Crippen molar-refractivity contribution < 1.29 is 14.4 Å². The van der Waals surface area contributed by atoms with Gasteiger partial charge in [-0.3, -0.25) is 19.2 Å². The van der Waals surface area contributed by atoms with Crippen molar-refractivity contribution in [2.24, 2.45) is 0 Å². The van der Waals surface area contributed by atoms with E-state index in [9.17, 15) is 19.2 Å². The van der Waals surface area contributed by atoms with E-state index in [0.29, 0.717) is 17.8 Å². The van der Waals surface area contributed by atoms with Gasteiger partial charge in [-0.15, -0.1) is 0 Å². The highest BCUT2D eigenvalue weighted by molar-refractivity contribution is 5.95. The number of carbonyl (C=O) groups excluding carboxylic acids is 3. The molecule has 0 saturated heterocycles. The second kappa shape index (κ2) is 9.27. The van der Waals surface area contributed by atoms with Crippen LogP contribution in [-0.2, 0) is 11.3 Å². The van der Waals surface area contributed by atoms with Crippen LogP contribution in [0.4, 0.5) is 5.69 Å². The maximum absolute atomic E-state index is 12.1. The van der Waals surface area contributed by atoms with Crippen LogP contribution < -0.4 is 21.5 Å². The molecular weight excluding hydrogens is 350 g/mol. The molecule has 0 radical (unpaired) electrons. The van der Waals surface area contributed by atoms with Crippen molar-refractivity contribution in [3.8, 4) is 0 Å². The Morgan fingerprint density at radius 1 is 0.963 bits per heavy atom. The third-order valence-electron chi connectivity index (χ3n) is 3.56. The lowest BCUT2D eigenvalue weighted by Crippen LogP contribution is -2.36. The molecule has 1 aromatic heterocycles. The summed E-state index contributed by atoms with van der Waals surface area (Å²) < 4.78 is 1.20. The lowest BCUT2D eigenvalue weighted by atomic mass is 10.2. The number of hydrogen-bond acceptors (Lipinski definition) is 5. The average molecular weight is 371 g/mol. The Labute approximate surface area is 155 Å². The first kappa shape index (κ1) is 19.8. The van der Waals surface area contributed by atoms with Gasteiger partial charge in [0.2, 0.25) is 5.91 Å². The predicted octanol–water partition coefficient (Wildman–Crippen LogP) is 0.381. The molecule has 0 unspecified atom stereocenters. The minimum Gasteiger partial charge on any atom is -0.350 e. The van der Waals surface area contributed by atoms with Crippen LogP contribution in [0.15, 0.2) is 41.2 Å². The first-order valence-corrected chi connectivity index (χ1v) is 8.43. The SMILES string of the molecule is CCn1nc(C(=O)NCCNC(=O)c2ccc(NC(C)=O)cc2)ccc1=O. The fraction of sp³-hybridized carbons (Fsp3) is 0.278. The first-order chi connectivity index (χ1) is 12.9. The average Bonchev–Trinajstić information content (AvgIpc) is 2.65. The molecule has 2 aromatic rings. The Kier molecular flexibility index (Phi) is 6.81. The molecule has 1 aromatic carbocycles. The van der Waals surface area contributed by atoms with Crippen LogP contribution in [0, 0.1) is 0 Å². The number of aromatic nitrogens is 2. The second-order valence-electron chi connectivity index (χ2n) is 5.64.